The number of rotatable bonds is 7. The third-order valence-electron chi connectivity index (χ3n) is 4.56. The molecule has 0 spiro atoms. The van der Waals surface area contributed by atoms with Gasteiger partial charge in [0.25, 0.3) is 5.91 Å². The van der Waals surface area contributed by atoms with Crippen LogP contribution < -0.4 is 10.1 Å². The number of amides is 1. The number of halogens is 3. The Bertz CT molecular complexity index is 1100. The highest BCUT2D eigenvalue weighted by molar-refractivity contribution is 5.92. The summed E-state index contributed by atoms with van der Waals surface area (Å²) in [6.45, 7) is 3.99. The van der Waals surface area contributed by atoms with Gasteiger partial charge in [-0.1, -0.05) is 6.07 Å². The molecule has 0 saturated carbocycles. The largest absolute Gasteiger partial charge is 0.468 e. The summed E-state index contributed by atoms with van der Waals surface area (Å²) >= 11 is 0. The van der Waals surface area contributed by atoms with Crippen LogP contribution in [0.2, 0.25) is 0 Å². The number of aromatic nitrogens is 5. The maximum absolute atomic E-state index is 12.7. The Morgan fingerprint density at radius 3 is 2.53 bits per heavy atom. The molecule has 0 saturated heterocycles. The Hall–Kier alpha value is -3.50. The molecule has 0 aliphatic rings. The van der Waals surface area contributed by atoms with Gasteiger partial charge in [-0.25, -0.2) is 15.0 Å². The maximum atomic E-state index is 12.7. The molecule has 0 aliphatic carbocycles. The topological polar surface area (TPSA) is 94.8 Å². The van der Waals surface area contributed by atoms with E-state index in [2.05, 4.69) is 30.1 Å². The smallest absolute Gasteiger partial charge is 0.422 e. The first kappa shape index (κ1) is 23.2. The highest BCUT2D eigenvalue weighted by Gasteiger charge is 2.28. The van der Waals surface area contributed by atoms with Gasteiger partial charge in [-0.3, -0.25) is 9.48 Å². The first-order valence-electron chi connectivity index (χ1n) is 9.80. The number of carbonyl (C=O) groups excluding carboxylic acids is 1. The number of hydrogen-bond donors (Lipinski definition) is 1. The summed E-state index contributed by atoms with van der Waals surface area (Å²) < 4.78 is 43.1. The lowest BCUT2D eigenvalue weighted by molar-refractivity contribution is -0.154. The second-order valence-corrected chi connectivity index (χ2v) is 7.42. The molecule has 3 aromatic rings. The molecule has 3 aromatic heterocycles. The summed E-state index contributed by atoms with van der Waals surface area (Å²) in [5, 5.41) is 7.12. The summed E-state index contributed by atoms with van der Waals surface area (Å²) in [4.78, 5) is 25.4. The van der Waals surface area contributed by atoms with Crippen LogP contribution in [-0.4, -0.2) is 43.4 Å². The van der Waals surface area contributed by atoms with Gasteiger partial charge in [0.15, 0.2) is 6.61 Å². The summed E-state index contributed by atoms with van der Waals surface area (Å²) in [6, 6.07) is 5.94. The van der Waals surface area contributed by atoms with Gasteiger partial charge >= 0.3 is 6.18 Å². The van der Waals surface area contributed by atoms with E-state index in [0.29, 0.717) is 23.5 Å². The van der Waals surface area contributed by atoms with Crippen molar-refractivity contribution in [3.05, 3.63) is 64.6 Å². The van der Waals surface area contributed by atoms with Crippen LogP contribution in [0.4, 0.5) is 13.2 Å². The molecule has 0 fully saturated rings. The Morgan fingerprint density at radius 2 is 1.94 bits per heavy atom. The molecule has 0 aromatic carbocycles. The maximum Gasteiger partial charge on any atom is 0.422 e. The molecule has 1 unspecified atom stereocenters. The molecule has 1 atom stereocenters. The predicted molar refractivity (Wildman–Crippen MR) is 109 cm³/mol. The minimum atomic E-state index is -4.44. The van der Waals surface area contributed by atoms with Gasteiger partial charge < -0.3 is 10.1 Å². The van der Waals surface area contributed by atoms with E-state index in [1.807, 2.05) is 20.0 Å². The molecular formula is C21H23F3N6O2. The van der Waals surface area contributed by atoms with Gasteiger partial charge in [0, 0.05) is 37.1 Å². The summed E-state index contributed by atoms with van der Waals surface area (Å²) in [5.74, 6) is -0.0486. The number of carbonyl (C=O) groups is 1. The Labute approximate surface area is 182 Å². The third kappa shape index (κ3) is 6.25. The molecule has 1 N–H and O–H groups in total. The quantitative estimate of drug-likeness (QED) is 0.596. The fourth-order valence-corrected chi connectivity index (χ4v) is 3.06. The fourth-order valence-electron chi connectivity index (χ4n) is 3.06. The molecule has 3 rings (SSSR count). The average molecular weight is 448 g/mol. The van der Waals surface area contributed by atoms with Crippen molar-refractivity contribution < 1.29 is 22.7 Å². The van der Waals surface area contributed by atoms with Gasteiger partial charge in [-0.15, -0.1) is 0 Å². The van der Waals surface area contributed by atoms with Crippen molar-refractivity contribution in [2.45, 2.75) is 39.4 Å². The zero-order valence-electron chi connectivity index (χ0n) is 18.1. The highest BCUT2D eigenvalue weighted by Crippen LogP contribution is 2.19. The zero-order chi connectivity index (χ0) is 23.5. The molecular weight excluding hydrogens is 425 g/mol. The highest BCUT2D eigenvalue weighted by atomic mass is 19.4. The normalized spacial score (nSPS) is 12.5. The second-order valence-electron chi connectivity index (χ2n) is 7.42. The molecule has 11 heteroatoms. The van der Waals surface area contributed by atoms with E-state index in [-0.39, 0.29) is 11.6 Å². The Morgan fingerprint density at radius 1 is 1.19 bits per heavy atom. The minimum absolute atomic E-state index is 0.147. The monoisotopic (exact) mass is 448 g/mol. The van der Waals surface area contributed by atoms with Crippen LogP contribution in [0.5, 0.6) is 5.88 Å². The van der Waals surface area contributed by atoms with Crippen molar-refractivity contribution >= 4 is 5.91 Å². The van der Waals surface area contributed by atoms with E-state index in [9.17, 15) is 18.0 Å². The van der Waals surface area contributed by atoms with E-state index in [4.69, 9.17) is 0 Å². The van der Waals surface area contributed by atoms with E-state index >= 15 is 0 Å². The van der Waals surface area contributed by atoms with Crippen LogP contribution in [-0.2, 0) is 13.5 Å². The van der Waals surface area contributed by atoms with Gasteiger partial charge in [-0.05, 0) is 38.5 Å². The zero-order valence-corrected chi connectivity index (χ0v) is 18.1. The summed E-state index contributed by atoms with van der Waals surface area (Å²) in [5.41, 5.74) is 3.28. The number of nitrogens with zero attached hydrogens (tertiary/aromatic N) is 5. The van der Waals surface area contributed by atoms with Crippen molar-refractivity contribution in [3.8, 4) is 5.88 Å². The summed E-state index contributed by atoms with van der Waals surface area (Å²) in [6.07, 6.45) is -2.65. The first-order valence-corrected chi connectivity index (χ1v) is 9.80. The van der Waals surface area contributed by atoms with Crippen LogP contribution in [0.3, 0.4) is 0 Å². The van der Waals surface area contributed by atoms with E-state index in [1.54, 1.807) is 30.7 Å². The molecule has 0 radical (unpaired) electrons. The van der Waals surface area contributed by atoms with Crippen LogP contribution in [0.1, 0.15) is 51.9 Å². The first-order chi connectivity index (χ1) is 15.0. The number of pyridine rings is 1. The van der Waals surface area contributed by atoms with Crippen LogP contribution in [0, 0.1) is 13.8 Å². The molecule has 0 bridgehead atoms. The van der Waals surface area contributed by atoms with E-state index < -0.39 is 24.7 Å². The molecule has 8 nitrogen and oxygen atoms in total. The second kappa shape index (κ2) is 9.33. The van der Waals surface area contributed by atoms with Crippen molar-refractivity contribution in [2.24, 2.45) is 7.05 Å². The number of hydrogen-bond acceptors (Lipinski definition) is 6. The SMILES string of the molecule is Cc1cc(C(=O)NC(C)c2ccc(OCC(F)(F)F)nc2)nc(Cc2cc(C)nn2C)n1. The predicted octanol–water partition coefficient (Wildman–Crippen LogP) is 3.24. The lowest BCUT2D eigenvalue weighted by atomic mass is 10.1. The van der Waals surface area contributed by atoms with Gasteiger partial charge in [0.2, 0.25) is 5.88 Å². The van der Waals surface area contributed by atoms with Crippen LogP contribution >= 0.6 is 0 Å². The molecule has 3 heterocycles. The number of aryl methyl sites for hydroxylation is 3. The van der Waals surface area contributed by atoms with E-state index in [0.717, 1.165) is 11.4 Å². The lowest BCUT2D eigenvalue weighted by Crippen LogP contribution is -2.28. The fraction of sp³-hybridized carbons (Fsp3) is 0.381. The Balaban J connectivity index is 1.67. The van der Waals surface area contributed by atoms with Crippen LogP contribution in [0.15, 0.2) is 30.5 Å². The van der Waals surface area contributed by atoms with Crippen LogP contribution in [0.25, 0.3) is 0 Å². The molecule has 1 amide bonds. The minimum Gasteiger partial charge on any atom is -0.468 e. The standard InChI is InChI=1S/C21H23F3N6O2/c1-12-8-17(28-18(26-12)9-16-7-13(2)29-30(16)4)20(31)27-14(3)15-5-6-19(25-10-15)32-11-21(22,23)24/h5-8,10,14H,9,11H2,1-4H3,(H,27,31). The van der Waals surface area contributed by atoms with Crippen molar-refractivity contribution in [1.29, 1.82) is 0 Å². The number of nitrogens with one attached hydrogen (secondary N) is 1. The molecule has 0 aliphatic heterocycles. The molecule has 32 heavy (non-hydrogen) atoms. The number of ether oxygens (including phenoxy) is 1. The van der Waals surface area contributed by atoms with Crippen molar-refractivity contribution in [3.63, 3.8) is 0 Å². The summed E-state index contributed by atoms with van der Waals surface area (Å²) in [7, 11) is 1.83. The molecule has 170 valence electrons. The third-order valence-corrected chi connectivity index (χ3v) is 4.56. The van der Waals surface area contributed by atoms with Crippen molar-refractivity contribution in [1.82, 2.24) is 30.0 Å². The number of alkyl halides is 3. The van der Waals surface area contributed by atoms with Crippen molar-refractivity contribution in [2.75, 3.05) is 6.61 Å². The lowest BCUT2D eigenvalue weighted by Gasteiger charge is -2.15. The average Bonchev–Trinajstić information content (AvgIpc) is 3.02. The van der Waals surface area contributed by atoms with Gasteiger partial charge in [0.05, 0.1) is 11.7 Å². The Kier molecular flexibility index (Phi) is 6.75. The van der Waals surface area contributed by atoms with Gasteiger partial charge in [-0.2, -0.15) is 18.3 Å². The van der Waals surface area contributed by atoms with Gasteiger partial charge in [0.1, 0.15) is 11.5 Å². The van der Waals surface area contributed by atoms with E-state index in [1.165, 1.54) is 12.3 Å².